The van der Waals surface area contributed by atoms with Crippen LogP contribution in [0.4, 0.5) is 0 Å². The Morgan fingerprint density at radius 1 is 1.05 bits per heavy atom. The van der Waals surface area contributed by atoms with Gasteiger partial charge in [-0.1, -0.05) is 74.2 Å². The molecule has 4 rings (SSSR count). The molecule has 0 heterocycles. The molecule has 0 bridgehead atoms. The Kier molecular flexibility index (Phi) is 3.11. The van der Waals surface area contributed by atoms with Crippen molar-refractivity contribution >= 4 is 11.6 Å². The molecule has 2 atom stereocenters. The first kappa shape index (κ1) is 13.4. The van der Waals surface area contributed by atoms with Crippen LogP contribution in [0.2, 0.25) is 5.02 Å². The van der Waals surface area contributed by atoms with E-state index in [9.17, 15) is 0 Å². The lowest BCUT2D eigenvalue weighted by Crippen LogP contribution is -2.37. The average Bonchev–Trinajstić information content (AvgIpc) is 2.81. The van der Waals surface area contributed by atoms with E-state index in [1.165, 1.54) is 54.4 Å². The molecule has 21 heavy (non-hydrogen) atoms. The van der Waals surface area contributed by atoms with E-state index in [0.717, 1.165) is 10.9 Å². The monoisotopic (exact) mass is 296 g/mol. The summed E-state index contributed by atoms with van der Waals surface area (Å²) in [5, 5.41) is 0.914. The number of fused-ring (bicyclic) bond motifs is 5. The lowest BCUT2D eigenvalue weighted by Gasteiger charge is -2.43. The number of hydrogen-bond acceptors (Lipinski definition) is 0. The lowest BCUT2D eigenvalue weighted by atomic mass is 9.60. The number of rotatable bonds is 1. The summed E-state index contributed by atoms with van der Waals surface area (Å²) in [6.45, 7) is 2.35. The first-order valence-corrected chi connectivity index (χ1v) is 8.55. The first-order chi connectivity index (χ1) is 10.3. The van der Waals surface area contributed by atoms with Gasteiger partial charge < -0.3 is 0 Å². The summed E-state index contributed by atoms with van der Waals surface area (Å²) in [5.74, 6) is 0.743. The van der Waals surface area contributed by atoms with E-state index in [1.54, 1.807) is 0 Å². The zero-order valence-electron chi connectivity index (χ0n) is 12.5. The van der Waals surface area contributed by atoms with Gasteiger partial charge in [-0.15, -0.1) is 0 Å². The fraction of sp³-hybridized carbons (Fsp3) is 0.400. The molecule has 0 aromatic heterocycles. The Bertz CT molecular complexity index is 688. The summed E-state index contributed by atoms with van der Waals surface area (Å²) in [5.41, 5.74) is 5.90. The fourth-order valence-electron chi connectivity index (χ4n) is 4.91. The number of benzene rings is 2. The second-order valence-electron chi connectivity index (χ2n) is 6.53. The van der Waals surface area contributed by atoms with Crippen molar-refractivity contribution in [3.8, 4) is 11.1 Å². The van der Waals surface area contributed by atoms with E-state index in [0.29, 0.717) is 0 Å². The molecule has 108 valence electrons. The van der Waals surface area contributed by atoms with E-state index in [2.05, 4.69) is 43.3 Å². The van der Waals surface area contributed by atoms with Gasteiger partial charge in [0.2, 0.25) is 0 Å². The highest BCUT2D eigenvalue weighted by molar-refractivity contribution is 6.33. The maximum Gasteiger partial charge on any atom is 0.0487 e. The summed E-state index contributed by atoms with van der Waals surface area (Å²) in [6, 6.07) is 15.5. The zero-order valence-corrected chi connectivity index (χ0v) is 13.3. The van der Waals surface area contributed by atoms with Crippen LogP contribution >= 0.6 is 11.6 Å². The van der Waals surface area contributed by atoms with Gasteiger partial charge >= 0.3 is 0 Å². The molecular weight excluding hydrogens is 276 g/mol. The first-order valence-electron chi connectivity index (χ1n) is 8.18. The predicted molar refractivity (Wildman–Crippen MR) is 89.9 cm³/mol. The average molecular weight is 297 g/mol. The molecule has 0 amide bonds. The lowest BCUT2D eigenvalue weighted by molar-refractivity contribution is 0.224. The Morgan fingerprint density at radius 3 is 2.71 bits per heavy atom. The van der Waals surface area contributed by atoms with Crippen molar-refractivity contribution in [1.82, 2.24) is 0 Å². The summed E-state index contributed by atoms with van der Waals surface area (Å²) in [6.07, 6.45) is 6.57. The van der Waals surface area contributed by atoms with E-state index in [4.69, 9.17) is 11.6 Å². The van der Waals surface area contributed by atoms with Crippen molar-refractivity contribution in [2.45, 2.75) is 44.4 Å². The van der Waals surface area contributed by atoms with Crippen molar-refractivity contribution in [3.63, 3.8) is 0 Å². The second kappa shape index (κ2) is 4.88. The van der Waals surface area contributed by atoms with Gasteiger partial charge in [0.05, 0.1) is 0 Å². The molecular formula is C20H21Cl. The molecule has 2 aliphatic carbocycles. The highest BCUT2D eigenvalue weighted by Crippen LogP contribution is 2.59. The molecule has 1 saturated carbocycles. The minimum atomic E-state index is 0.212. The van der Waals surface area contributed by atoms with Crippen LogP contribution in [0, 0.1) is 5.92 Å². The smallest absolute Gasteiger partial charge is 0.0487 e. The third-order valence-electron chi connectivity index (χ3n) is 5.73. The fourth-order valence-corrected chi connectivity index (χ4v) is 5.19. The largest absolute Gasteiger partial charge is 0.0837 e. The van der Waals surface area contributed by atoms with Crippen LogP contribution in [0.5, 0.6) is 0 Å². The molecule has 1 spiro atoms. The molecule has 0 N–H and O–H groups in total. The van der Waals surface area contributed by atoms with Crippen LogP contribution in [0.3, 0.4) is 0 Å². The molecule has 2 unspecified atom stereocenters. The highest BCUT2D eigenvalue weighted by Gasteiger charge is 2.49. The molecule has 1 fully saturated rings. The molecule has 0 radical (unpaired) electrons. The van der Waals surface area contributed by atoms with E-state index >= 15 is 0 Å². The van der Waals surface area contributed by atoms with Crippen molar-refractivity contribution < 1.29 is 0 Å². The van der Waals surface area contributed by atoms with Crippen LogP contribution in [-0.2, 0) is 5.41 Å². The van der Waals surface area contributed by atoms with Crippen LogP contribution in [-0.4, -0.2) is 0 Å². The Morgan fingerprint density at radius 2 is 1.86 bits per heavy atom. The van der Waals surface area contributed by atoms with Crippen molar-refractivity contribution in [1.29, 1.82) is 0 Å². The molecule has 2 aliphatic rings. The number of hydrogen-bond donors (Lipinski definition) is 0. The van der Waals surface area contributed by atoms with Gasteiger partial charge in [-0.05, 0) is 41.5 Å². The highest BCUT2D eigenvalue weighted by atomic mass is 35.5. The predicted octanol–water partition coefficient (Wildman–Crippen LogP) is 6.21. The van der Waals surface area contributed by atoms with Crippen LogP contribution < -0.4 is 0 Å². The van der Waals surface area contributed by atoms with E-state index < -0.39 is 0 Å². The van der Waals surface area contributed by atoms with Crippen molar-refractivity contribution in [2.24, 2.45) is 5.92 Å². The van der Waals surface area contributed by atoms with Gasteiger partial charge in [-0.3, -0.25) is 0 Å². The van der Waals surface area contributed by atoms with Gasteiger partial charge in [0.15, 0.2) is 0 Å². The summed E-state index contributed by atoms with van der Waals surface area (Å²) >= 11 is 6.59. The molecule has 0 nitrogen and oxygen atoms in total. The third kappa shape index (κ3) is 1.69. The Balaban J connectivity index is 2.06. The normalized spacial score (nSPS) is 26.7. The van der Waals surface area contributed by atoms with Crippen LogP contribution in [0.15, 0.2) is 42.5 Å². The molecule has 0 saturated heterocycles. The van der Waals surface area contributed by atoms with Gasteiger partial charge in [-0.2, -0.15) is 0 Å². The van der Waals surface area contributed by atoms with E-state index in [1.807, 2.05) is 6.07 Å². The molecule has 2 aromatic rings. The third-order valence-corrected chi connectivity index (χ3v) is 6.05. The van der Waals surface area contributed by atoms with Crippen LogP contribution in [0.1, 0.15) is 50.2 Å². The zero-order chi connectivity index (χ0) is 14.4. The minimum Gasteiger partial charge on any atom is -0.0837 e. The summed E-state index contributed by atoms with van der Waals surface area (Å²) in [4.78, 5) is 0. The van der Waals surface area contributed by atoms with Crippen molar-refractivity contribution in [2.75, 3.05) is 0 Å². The Hall–Kier alpha value is -1.27. The Labute approximate surface area is 132 Å². The molecule has 0 aliphatic heterocycles. The van der Waals surface area contributed by atoms with Gasteiger partial charge in [0.25, 0.3) is 0 Å². The molecule has 2 aromatic carbocycles. The molecule has 1 heteroatoms. The SMILES string of the molecule is CCC1CCCCC12c1ccccc1-c1c(Cl)cccc12. The number of halogens is 1. The quantitative estimate of drug-likeness (QED) is 0.587. The maximum atomic E-state index is 6.59. The van der Waals surface area contributed by atoms with Crippen molar-refractivity contribution in [3.05, 3.63) is 58.6 Å². The van der Waals surface area contributed by atoms with Gasteiger partial charge in [-0.25, -0.2) is 0 Å². The maximum absolute atomic E-state index is 6.59. The topological polar surface area (TPSA) is 0 Å². The second-order valence-corrected chi connectivity index (χ2v) is 6.94. The van der Waals surface area contributed by atoms with Gasteiger partial charge in [0.1, 0.15) is 0 Å². The van der Waals surface area contributed by atoms with E-state index in [-0.39, 0.29) is 5.41 Å². The standard InChI is InChI=1S/C20H21Cl/c1-2-14-8-5-6-13-20(14)16-10-4-3-9-15(16)19-17(20)11-7-12-18(19)21/h3-4,7,9-12,14H,2,5-6,8,13H2,1H3. The van der Waals surface area contributed by atoms with Crippen LogP contribution in [0.25, 0.3) is 11.1 Å². The summed E-state index contributed by atoms with van der Waals surface area (Å²) < 4.78 is 0. The van der Waals surface area contributed by atoms with Gasteiger partial charge in [0, 0.05) is 16.0 Å². The minimum absolute atomic E-state index is 0.212. The summed E-state index contributed by atoms with van der Waals surface area (Å²) in [7, 11) is 0.